The van der Waals surface area contributed by atoms with Gasteiger partial charge in [0.15, 0.2) is 0 Å². The van der Waals surface area contributed by atoms with Gasteiger partial charge in [-0.05, 0) is 123 Å². The molecule has 1 aliphatic carbocycles. The molecule has 0 N–H and O–H groups in total. The van der Waals surface area contributed by atoms with E-state index < -0.39 is 5.41 Å². The number of ether oxygens (including phenoxy) is 1. The molecule has 8 aromatic carbocycles. The number of anilines is 3. The average Bonchev–Trinajstić information content (AvgIpc) is 3.57. The van der Waals surface area contributed by atoms with Crippen molar-refractivity contribution in [2.24, 2.45) is 0 Å². The minimum Gasteiger partial charge on any atom is -0.457 e. The number of nitrogens with zero attached hydrogens (tertiary/aromatic N) is 1. The first kappa shape index (κ1) is 41.6. The maximum atomic E-state index is 6.55. The number of para-hydroxylation sites is 2. The fourth-order valence-corrected chi connectivity index (χ4v) is 10.7. The fourth-order valence-electron chi connectivity index (χ4n) is 10.7. The minimum atomic E-state index is -0.561. The molecule has 65 heavy (non-hydrogen) atoms. The molecule has 8 aromatic rings. The van der Waals surface area contributed by atoms with Crippen molar-refractivity contribution in [2.75, 3.05) is 4.90 Å². The van der Waals surface area contributed by atoms with Crippen LogP contribution in [0.1, 0.15) is 79.1 Å². The van der Waals surface area contributed by atoms with Gasteiger partial charge < -0.3 is 9.64 Å². The zero-order valence-electron chi connectivity index (χ0n) is 38.1. The Labute approximate surface area is 385 Å². The molecule has 0 spiro atoms. The van der Waals surface area contributed by atoms with E-state index in [0.717, 1.165) is 62.8 Å². The molecule has 0 atom stereocenters. The summed E-state index contributed by atoms with van der Waals surface area (Å²) >= 11 is 0. The molecule has 0 amide bonds. The fraction of sp³-hybridized carbons (Fsp3) is 0.143. The largest absolute Gasteiger partial charge is 0.457 e. The topological polar surface area (TPSA) is 12.5 Å². The van der Waals surface area contributed by atoms with E-state index >= 15 is 0 Å². The Morgan fingerprint density at radius 3 is 1.74 bits per heavy atom. The van der Waals surface area contributed by atoms with Crippen molar-refractivity contribution in [1.82, 2.24) is 0 Å². The summed E-state index contributed by atoms with van der Waals surface area (Å²) in [4.78, 5) is 2.42. The molecule has 0 radical (unpaired) electrons. The Balaban J connectivity index is 1.09. The highest BCUT2D eigenvalue weighted by Gasteiger charge is 2.45. The molecule has 2 nitrogen and oxygen atoms in total. The van der Waals surface area contributed by atoms with Crippen LogP contribution < -0.4 is 9.64 Å². The van der Waals surface area contributed by atoms with E-state index in [2.05, 4.69) is 253 Å². The smallest absolute Gasteiger partial charge is 0.132 e. The maximum absolute atomic E-state index is 6.55. The molecule has 2 heteroatoms. The number of hydrogen-bond donors (Lipinski definition) is 0. The van der Waals surface area contributed by atoms with Gasteiger partial charge in [0.05, 0.1) is 5.41 Å². The van der Waals surface area contributed by atoms with E-state index in [-0.39, 0.29) is 10.8 Å². The summed E-state index contributed by atoms with van der Waals surface area (Å²) in [5, 5.41) is 0. The van der Waals surface area contributed by atoms with Crippen molar-refractivity contribution in [3.8, 4) is 33.8 Å². The standard InChI is InChI=1S/C63H55NO/c1-8-19-43(3)61(4,5)58-42-51(38-33-46(58)20-9-2)64(50-39-40-55-53(41-50)52-23-13-14-24-54(52)62(55,6)7)49-36-31-45(32-37-49)44-29-34-48(35-30-44)63(47-21-11-10-12-22-47)56-25-15-17-27-59(56)65-60-28-18-16-26-57(60)63/h8-19,21-42H,2-3,20H2,1,4-7H3/b19-8-. The Morgan fingerprint density at radius 1 is 0.569 bits per heavy atom. The first-order chi connectivity index (χ1) is 31.6. The van der Waals surface area contributed by atoms with Crippen molar-refractivity contribution in [3.63, 3.8) is 0 Å². The lowest BCUT2D eigenvalue weighted by atomic mass is 9.63. The monoisotopic (exact) mass is 841 g/mol. The third-order valence-electron chi connectivity index (χ3n) is 14.2. The molecule has 0 bridgehead atoms. The lowest BCUT2D eigenvalue weighted by molar-refractivity contribution is 0.434. The van der Waals surface area contributed by atoms with Crippen LogP contribution in [-0.4, -0.2) is 0 Å². The van der Waals surface area contributed by atoms with Gasteiger partial charge in [-0.3, -0.25) is 0 Å². The van der Waals surface area contributed by atoms with Crippen molar-refractivity contribution >= 4 is 17.1 Å². The summed E-state index contributed by atoms with van der Waals surface area (Å²) in [6.07, 6.45) is 6.99. The minimum absolute atomic E-state index is 0.0819. The van der Waals surface area contributed by atoms with Crippen molar-refractivity contribution in [2.45, 2.75) is 57.3 Å². The average molecular weight is 842 g/mol. The second-order valence-corrected chi connectivity index (χ2v) is 18.6. The van der Waals surface area contributed by atoms with E-state index in [1.54, 1.807) is 0 Å². The zero-order chi connectivity index (χ0) is 44.9. The number of rotatable bonds is 11. The van der Waals surface area contributed by atoms with Gasteiger partial charge >= 0.3 is 0 Å². The number of hydrogen-bond acceptors (Lipinski definition) is 2. The van der Waals surface area contributed by atoms with Crippen LogP contribution in [0, 0.1) is 0 Å². The molecular formula is C63H55NO. The first-order valence-electron chi connectivity index (χ1n) is 22.8. The molecule has 1 heterocycles. The number of allylic oxidation sites excluding steroid dienone is 4. The molecule has 2 aliphatic rings. The van der Waals surface area contributed by atoms with E-state index in [1.807, 2.05) is 6.08 Å². The normalized spacial score (nSPS) is 14.1. The molecule has 1 aliphatic heterocycles. The van der Waals surface area contributed by atoms with Crippen LogP contribution in [-0.2, 0) is 22.7 Å². The zero-order valence-corrected chi connectivity index (χ0v) is 38.1. The van der Waals surface area contributed by atoms with Gasteiger partial charge in [-0.15, -0.1) is 6.58 Å². The highest BCUT2D eigenvalue weighted by atomic mass is 16.5. The summed E-state index contributed by atoms with van der Waals surface area (Å²) in [5.41, 5.74) is 18.2. The summed E-state index contributed by atoms with van der Waals surface area (Å²) < 4.78 is 6.55. The summed E-state index contributed by atoms with van der Waals surface area (Å²) in [7, 11) is 0. The van der Waals surface area contributed by atoms with Gasteiger partial charge in [-0.25, -0.2) is 0 Å². The van der Waals surface area contributed by atoms with Crippen molar-refractivity contribution in [1.29, 1.82) is 0 Å². The highest BCUT2D eigenvalue weighted by molar-refractivity contribution is 5.87. The van der Waals surface area contributed by atoms with Gasteiger partial charge in [-0.1, -0.05) is 192 Å². The second kappa shape index (κ2) is 16.3. The molecule has 0 unspecified atom stereocenters. The molecule has 0 saturated heterocycles. The quantitative estimate of drug-likeness (QED) is 0.0950. The first-order valence-corrected chi connectivity index (χ1v) is 22.8. The van der Waals surface area contributed by atoms with E-state index in [0.29, 0.717) is 0 Å². The van der Waals surface area contributed by atoms with Crippen LogP contribution in [0.4, 0.5) is 17.1 Å². The van der Waals surface area contributed by atoms with Crippen LogP contribution in [0.5, 0.6) is 11.5 Å². The lowest BCUT2D eigenvalue weighted by Crippen LogP contribution is -2.34. The molecule has 318 valence electrons. The van der Waals surface area contributed by atoms with Gasteiger partial charge in [0.25, 0.3) is 0 Å². The third kappa shape index (κ3) is 6.79. The third-order valence-corrected chi connectivity index (χ3v) is 14.2. The molecule has 0 saturated carbocycles. The van der Waals surface area contributed by atoms with E-state index in [9.17, 15) is 0 Å². The second-order valence-electron chi connectivity index (χ2n) is 18.6. The predicted molar refractivity (Wildman–Crippen MR) is 273 cm³/mol. The van der Waals surface area contributed by atoms with Crippen LogP contribution in [0.2, 0.25) is 0 Å². The Hall–Kier alpha value is -7.42. The van der Waals surface area contributed by atoms with Gasteiger partial charge in [-0.2, -0.15) is 0 Å². The van der Waals surface area contributed by atoms with E-state index in [4.69, 9.17) is 4.74 Å². The predicted octanol–water partition coefficient (Wildman–Crippen LogP) is 16.8. The van der Waals surface area contributed by atoms with Crippen LogP contribution in [0.3, 0.4) is 0 Å². The van der Waals surface area contributed by atoms with Gasteiger partial charge in [0, 0.05) is 39.0 Å². The van der Waals surface area contributed by atoms with Crippen molar-refractivity contribution < 1.29 is 4.74 Å². The summed E-state index contributed by atoms with van der Waals surface area (Å²) in [5.74, 6) is 1.76. The Morgan fingerprint density at radius 2 is 1.09 bits per heavy atom. The lowest BCUT2D eigenvalue weighted by Gasteiger charge is -2.41. The number of benzene rings is 8. The van der Waals surface area contributed by atoms with Crippen LogP contribution >= 0.6 is 0 Å². The summed E-state index contributed by atoms with van der Waals surface area (Å²) in [6, 6.07) is 68.9. The molecule has 0 aromatic heterocycles. The molecule has 0 fully saturated rings. The highest BCUT2D eigenvalue weighted by Crippen LogP contribution is 2.56. The van der Waals surface area contributed by atoms with Crippen LogP contribution in [0.25, 0.3) is 22.3 Å². The molecular weight excluding hydrogens is 787 g/mol. The van der Waals surface area contributed by atoms with Crippen LogP contribution in [0.15, 0.2) is 225 Å². The molecule has 10 rings (SSSR count). The Kier molecular flexibility index (Phi) is 10.4. The van der Waals surface area contributed by atoms with E-state index in [1.165, 1.54) is 44.5 Å². The maximum Gasteiger partial charge on any atom is 0.132 e. The van der Waals surface area contributed by atoms with Gasteiger partial charge in [0.1, 0.15) is 11.5 Å². The SMILES string of the molecule is C=CCc1ccc(N(c2ccc(-c3ccc(C4(c5ccccc5)c5ccccc5Oc5ccccc54)cc3)cc2)c2ccc3c(c2)-c2ccccc2C3(C)C)cc1C(C)(C)C(=C)/C=C\C. The number of fused-ring (bicyclic) bond motifs is 5. The van der Waals surface area contributed by atoms with Crippen molar-refractivity contribution in [3.05, 3.63) is 270 Å². The van der Waals surface area contributed by atoms with Gasteiger partial charge in [0.2, 0.25) is 0 Å². The summed E-state index contributed by atoms with van der Waals surface area (Å²) in [6.45, 7) is 20.0. The Bertz CT molecular complexity index is 3080.